The van der Waals surface area contributed by atoms with Crippen molar-refractivity contribution < 1.29 is 9.53 Å². The molecular weight excluding hydrogens is 252 g/mol. The van der Waals surface area contributed by atoms with Gasteiger partial charge in [0.25, 0.3) is 5.91 Å². The van der Waals surface area contributed by atoms with Crippen LogP contribution in [-0.2, 0) is 0 Å². The van der Waals surface area contributed by atoms with E-state index in [1.54, 1.807) is 48.5 Å². The minimum atomic E-state index is -0.210. The van der Waals surface area contributed by atoms with Gasteiger partial charge in [-0.15, -0.1) is 0 Å². The second-order valence-electron chi connectivity index (χ2n) is 4.10. The molecule has 0 heterocycles. The third-order valence-corrected chi connectivity index (χ3v) is 2.70. The van der Waals surface area contributed by atoms with Crippen molar-refractivity contribution in [1.82, 2.24) is 0 Å². The Balaban J connectivity index is 2.05. The molecule has 100 valence electrons. The minimum Gasteiger partial charge on any atom is -0.494 e. The number of ether oxygens (including phenoxy) is 1. The van der Waals surface area contributed by atoms with Crippen LogP contribution in [0.4, 0.5) is 5.69 Å². The van der Waals surface area contributed by atoms with Gasteiger partial charge < -0.3 is 10.1 Å². The van der Waals surface area contributed by atoms with Gasteiger partial charge in [0.15, 0.2) is 0 Å². The maximum atomic E-state index is 12.0. The van der Waals surface area contributed by atoms with Gasteiger partial charge >= 0.3 is 0 Å². The van der Waals surface area contributed by atoms with Crippen molar-refractivity contribution in [3.63, 3.8) is 0 Å². The number of carbonyl (C=O) groups excluding carboxylic acids is 1. The first-order valence-electron chi connectivity index (χ1n) is 6.27. The minimum absolute atomic E-state index is 0.210. The molecule has 20 heavy (non-hydrogen) atoms. The second-order valence-corrected chi connectivity index (χ2v) is 4.10. The van der Waals surface area contributed by atoms with Crippen molar-refractivity contribution in [2.45, 2.75) is 6.92 Å². The molecule has 0 aliphatic heterocycles. The first kappa shape index (κ1) is 13.6. The van der Waals surface area contributed by atoms with Crippen LogP contribution in [0.5, 0.6) is 5.75 Å². The van der Waals surface area contributed by atoms with Crippen LogP contribution < -0.4 is 10.1 Å². The predicted molar refractivity (Wildman–Crippen MR) is 76.7 cm³/mol. The average Bonchev–Trinajstić information content (AvgIpc) is 2.49. The Hall–Kier alpha value is -2.80. The monoisotopic (exact) mass is 266 g/mol. The Bertz CT molecular complexity index is 625. The lowest BCUT2D eigenvalue weighted by Gasteiger charge is -2.07. The normalized spacial score (nSPS) is 9.60. The molecule has 0 aliphatic carbocycles. The summed E-state index contributed by atoms with van der Waals surface area (Å²) in [5.74, 6) is 0.558. The molecule has 0 bridgehead atoms. The average molecular weight is 266 g/mol. The summed E-state index contributed by atoms with van der Waals surface area (Å²) in [6.07, 6.45) is 0. The van der Waals surface area contributed by atoms with Crippen LogP contribution in [0.25, 0.3) is 0 Å². The van der Waals surface area contributed by atoms with Crippen molar-refractivity contribution in [3.8, 4) is 11.8 Å². The topological polar surface area (TPSA) is 62.1 Å². The zero-order valence-electron chi connectivity index (χ0n) is 11.1. The number of amides is 1. The van der Waals surface area contributed by atoms with Crippen molar-refractivity contribution in [1.29, 1.82) is 5.26 Å². The number of hydrogen-bond donors (Lipinski definition) is 1. The summed E-state index contributed by atoms with van der Waals surface area (Å²) in [4.78, 5) is 12.0. The zero-order chi connectivity index (χ0) is 14.4. The van der Waals surface area contributed by atoms with Crippen LogP contribution in [0.2, 0.25) is 0 Å². The lowest BCUT2D eigenvalue weighted by Crippen LogP contribution is -2.11. The standard InChI is InChI=1S/C16H14N2O2/c1-2-20-15-9-7-14(8-10-15)18-16(19)13-5-3-12(11-17)4-6-13/h3-10H,2H2,1H3,(H,18,19). The largest absolute Gasteiger partial charge is 0.494 e. The van der Waals surface area contributed by atoms with Gasteiger partial charge in [0.1, 0.15) is 5.75 Å². The first-order valence-corrected chi connectivity index (χ1v) is 6.27. The van der Waals surface area contributed by atoms with E-state index in [1.165, 1.54) is 0 Å². The highest BCUT2D eigenvalue weighted by atomic mass is 16.5. The quantitative estimate of drug-likeness (QED) is 0.924. The van der Waals surface area contributed by atoms with E-state index in [-0.39, 0.29) is 5.91 Å². The molecule has 0 aromatic heterocycles. The van der Waals surface area contributed by atoms with E-state index in [0.29, 0.717) is 23.4 Å². The molecule has 1 N–H and O–H groups in total. The number of nitrogens with one attached hydrogen (secondary N) is 1. The fourth-order valence-corrected chi connectivity index (χ4v) is 1.70. The van der Waals surface area contributed by atoms with Crippen LogP contribution in [0, 0.1) is 11.3 Å². The summed E-state index contributed by atoms with van der Waals surface area (Å²) in [6.45, 7) is 2.53. The smallest absolute Gasteiger partial charge is 0.255 e. The molecule has 0 fully saturated rings. The van der Waals surface area contributed by atoms with E-state index in [0.717, 1.165) is 5.75 Å². The molecule has 2 aromatic carbocycles. The van der Waals surface area contributed by atoms with Crippen LogP contribution in [0.3, 0.4) is 0 Å². The van der Waals surface area contributed by atoms with Crippen molar-refractivity contribution in [3.05, 3.63) is 59.7 Å². The summed E-state index contributed by atoms with van der Waals surface area (Å²) in [5, 5.41) is 11.5. The van der Waals surface area contributed by atoms with Crippen LogP contribution >= 0.6 is 0 Å². The molecule has 0 unspecified atom stereocenters. The molecule has 0 spiro atoms. The zero-order valence-corrected chi connectivity index (χ0v) is 11.1. The molecule has 2 aromatic rings. The lowest BCUT2D eigenvalue weighted by molar-refractivity contribution is 0.102. The molecule has 0 atom stereocenters. The molecular formula is C16H14N2O2. The summed E-state index contributed by atoms with van der Waals surface area (Å²) < 4.78 is 5.33. The number of hydrogen-bond acceptors (Lipinski definition) is 3. The van der Waals surface area contributed by atoms with Gasteiger partial charge in [-0.05, 0) is 55.5 Å². The van der Waals surface area contributed by atoms with Crippen molar-refractivity contribution in [2.24, 2.45) is 0 Å². The maximum absolute atomic E-state index is 12.0. The highest BCUT2D eigenvalue weighted by Gasteiger charge is 2.06. The Morgan fingerprint density at radius 1 is 1.15 bits per heavy atom. The van der Waals surface area contributed by atoms with Gasteiger partial charge in [0, 0.05) is 11.3 Å². The predicted octanol–water partition coefficient (Wildman–Crippen LogP) is 3.21. The molecule has 1 amide bonds. The highest BCUT2D eigenvalue weighted by Crippen LogP contribution is 2.16. The van der Waals surface area contributed by atoms with E-state index in [1.807, 2.05) is 13.0 Å². The molecule has 4 nitrogen and oxygen atoms in total. The van der Waals surface area contributed by atoms with Gasteiger partial charge in [-0.25, -0.2) is 0 Å². The number of benzene rings is 2. The Morgan fingerprint density at radius 2 is 1.80 bits per heavy atom. The van der Waals surface area contributed by atoms with E-state index in [2.05, 4.69) is 5.32 Å². The fourth-order valence-electron chi connectivity index (χ4n) is 1.70. The molecule has 0 saturated heterocycles. The molecule has 0 aliphatic rings. The first-order chi connectivity index (χ1) is 9.72. The summed E-state index contributed by atoms with van der Waals surface area (Å²) in [7, 11) is 0. The lowest BCUT2D eigenvalue weighted by atomic mass is 10.1. The van der Waals surface area contributed by atoms with E-state index >= 15 is 0 Å². The van der Waals surface area contributed by atoms with Gasteiger partial charge in [0.2, 0.25) is 0 Å². The van der Waals surface area contributed by atoms with Crippen molar-refractivity contribution >= 4 is 11.6 Å². The molecule has 0 radical (unpaired) electrons. The van der Waals surface area contributed by atoms with Crippen molar-refractivity contribution in [2.75, 3.05) is 11.9 Å². The van der Waals surface area contributed by atoms with E-state index < -0.39 is 0 Å². The third kappa shape index (κ3) is 3.36. The molecule has 0 saturated carbocycles. The number of rotatable bonds is 4. The van der Waals surface area contributed by atoms with Crippen LogP contribution in [0.15, 0.2) is 48.5 Å². The fraction of sp³-hybridized carbons (Fsp3) is 0.125. The summed E-state index contributed by atoms with van der Waals surface area (Å²) in [6, 6.07) is 15.7. The Labute approximate surface area is 117 Å². The van der Waals surface area contributed by atoms with E-state index in [4.69, 9.17) is 10.00 Å². The number of nitrogens with zero attached hydrogens (tertiary/aromatic N) is 1. The highest BCUT2D eigenvalue weighted by molar-refractivity contribution is 6.04. The molecule has 4 heteroatoms. The summed E-state index contributed by atoms with van der Waals surface area (Å²) in [5.41, 5.74) is 1.74. The number of nitriles is 1. The SMILES string of the molecule is CCOc1ccc(NC(=O)c2ccc(C#N)cc2)cc1. The van der Waals surface area contributed by atoms with Gasteiger partial charge in [-0.3, -0.25) is 4.79 Å². The Morgan fingerprint density at radius 3 is 2.35 bits per heavy atom. The van der Waals surface area contributed by atoms with Gasteiger partial charge in [0.05, 0.1) is 18.2 Å². The summed E-state index contributed by atoms with van der Waals surface area (Å²) >= 11 is 0. The second kappa shape index (κ2) is 6.39. The van der Waals surface area contributed by atoms with Crippen LogP contribution in [-0.4, -0.2) is 12.5 Å². The van der Waals surface area contributed by atoms with Gasteiger partial charge in [-0.1, -0.05) is 0 Å². The van der Waals surface area contributed by atoms with Crippen LogP contribution in [0.1, 0.15) is 22.8 Å². The van der Waals surface area contributed by atoms with Gasteiger partial charge in [-0.2, -0.15) is 5.26 Å². The third-order valence-electron chi connectivity index (χ3n) is 2.70. The van der Waals surface area contributed by atoms with E-state index in [9.17, 15) is 4.79 Å². The number of anilines is 1. The Kier molecular flexibility index (Phi) is 4.35. The molecule has 2 rings (SSSR count). The maximum Gasteiger partial charge on any atom is 0.255 e. The number of carbonyl (C=O) groups is 1.